The van der Waals surface area contributed by atoms with Crippen molar-refractivity contribution in [2.24, 2.45) is 5.92 Å². The van der Waals surface area contributed by atoms with Gasteiger partial charge in [0, 0.05) is 10.6 Å². The Morgan fingerprint density at radius 2 is 1.81 bits per heavy atom. The lowest BCUT2D eigenvalue weighted by Gasteiger charge is -2.07. The van der Waals surface area contributed by atoms with Gasteiger partial charge in [-0.15, -0.1) is 0 Å². The Kier molecular flexibility index (Phi) is 4.70. The average Bonchev–Trinajstić information content (AvgIpc) is 2.28. The molecule has 2 unspecified atom stereocenters. The molecule has 1 aromatic rings. The number of rotatable bonds is 4. The van der Waals surface area contributed by atoms with Crippen LogP contribution in [0.15, 0.2) is 29.2 Å². The normalized spacial score (nSPS) is 14.4. The fourth-order valence-corrected chi connectivity index (χ4v) is 2.53. The van der Waals surface area contributed by atoms with Gasteiger partial charge in [-0.25, -0.2) is 0 Å². The molecule has 0 spiro atoms. The van der Waals surface area contributed by atoms with Crippen molar-refractivity contribution < 1.29 is 4.21 Å². The zero-order valence-corrected chi connectivity index (χ0v) is 10.8. The van der Waals surface area contributed by atoms with Crippen LogP contribution in [-0.4, -0.2) is 9.96 Å². The Labute approximate surface area is 99.8 Å². The molecule has 0 fully saturated rings. The Bertz CT molecular complexity index is 403. The predicted molar refractivity (Wildman–Crippen MR) is 66.6 cm³/mol. The number of hydrogen-bond donors (Lipinski definition) is 0. The summed E-state index contributed by atoms with van der Waals surface area (Å²) in [6.07, 6.45) is 0. The van der Waals surface area contributed by atoms with Gasteiger partial charge in [0.2, 0.25) is 0 Å². The molecular weight excluding hydrogens is 218 g/mol. The lowest BCUT2D eigenvalue weighted by molar-refractivity contribution is 0.676. The van der Waals surface area contributed by atoms with Crippen LogP contribution in [0.4, 0.5) is 0 Å². The second-order valence-electron chi connectivity index (χ2n) is 4.27. The van der Waals surface area contributed by atoms with Gasteiger partial charge < -0.3 is 0 Å². The molecule has 1 aromatic carbocycles. The van der Waals surface area contributed by atoms with Gasteiger partial charge in [-0.1, -0.05) is 26.0 Å². The van der Waals surface area contributed by atoms with Gasteiger partial charge in [0.05, 0.1) is 22.8 Å². The van der Waals surface area contributed by atoms with Crippen molar-refractivity contribution in [3.8, 4) is 6.07 Å². The van der Waals surface area contributed by atoms with E-state index in [4.69, 9.17) is 5.26 Å². The molecule has 0 aromatic heterocycles. The summed E-state index contributed by atoms with van der Waals surface area (Å²) in [5, 5.41) is 8.66. The SMILES string of the molecule is CC(C#N)CS(=O)c1ccc(C(C)C)cc1. The number of benzene rings is 1. The third-order valence-electron chi connectivity index (χ3n) is 2.43. The minimum atomic E-state index is -1.06. The molecule has 0 radical (unpaired) electrons. The van der Waals surface area contributed by atoms with Gasteiger partial charge in [0.15, 0.2) is 0 Å². The van der Waals surface area contributed by atoms with Crippen molar-refractivity contribution in [1.82, 2.24) is 0 Å². The van der Waals surface area contributed by atoms with Crippen LogP contribution in [0.3, 0.4) is 0 Å². The molecule has 86 valence electrons. The highest BCUT2D eigenvalue weighted by atomic mass is 32.2. The molecule has 0 saturated heterocycles. The van der Waals surface area contributed by atoms with E-state index in [9.17, 15) is 4.21 Å². The van der Waals surface area contributed by atoms with E-state index in [0.29, 0.717) is 11.7 Å². The lowest BCUT2D eigenvalue weighted by atomic mass is 10.0. The first kappa shape index (κ1) is 12.9. The van der Waals surface area contributed by atoms with Crippen molar-refractivity contribution >= 4 is 10.8 Å². The molecule has 16 heavy (non-hydrogen) atoms. The maximum Gasteiger partial charge on any atom is 0.0662 e. The Hall–Kier alpha value is -1.14. The summed E-state index contributed by atoms with van der Waals surface area (Å²) in [4.78, 5) is 0.812. The largest absolute Gasteiger partial charge is 0.254 e. The van der Waals surface area contributed by atoms with Gasteiger partial charge in [-0.05, 0) is 30.5 Å². The molecule has 0 saturated carbocycles. The third kappa shape index (κ3) is 3.46. The molecule has 2 nitrogen and oxygen atoms in total. The van der Waals surface area contributed by atoms with Crippen LogP contribution >= 0.6 is 0 Å². The number of hydrogen-bond acceptors (Lipinski definition) is 2. The monoisotopic (exact) mass is 235 g/mol. The van der Waals surface area contributed by atoms with Gasteiger partial charge in [0.1, 0.15) is 0 Å². The zero-order chi connectivity index (χ0) is 12.1. The van der Waals surface area contributed by atoms with E-state index in [2.05, 4.69) is 19.9 Å². The highest BCUT2D eigenvalue weighted by Gasteiger charge is 2.09. The Morgan fingerprint density at radius 3 is 2.25 bits per heavy atom. The molecule has 0 aliphatic rings. The maximum absolute atomic E-state index is 11.9. The summed E-state index contributed by atoms with van der Waals surface area (Å²) >= 11 is 0. The highest BCUT2D eigenvalue weighted by molar-refractivity contribution is 7.85. The van der Waals surface area contributed by atoms with E-state index in [1.165, 1.54) is 5.56 Å². The molecule has 3 heteroatoms. The molecule has 2 atom stereocenters. The summed E-state index contributed by atoms with van der Waals surface area (Å²) in [5.41, 5.74) is 1.24. The Morgan fingerprint density at radius 1 is 1.25 bits per heavy atom. The lowest BCUT2D eigenvalue weighted by Crippen LogP contribution is -2.06. The number of nitrogens with zero attached hydrogens (tertiary/aromatic N) is 1. The maximum atomic E-state index is 11.9. The standard InChI is InChI=1S/C13H17NOS/c1-10(2)12-4-6-13(7-5-12)16(15)9-11(3)8-14/h4-7,10-11H,9H2,1-3H3. The molecule has 0 aliphatic heterocycles. The first-order valence-electron chi connectivity index (χ1n) is 5.42. The quantitative estimate of drug-likeness (QED) is 0.804. The Balaban J connectivity index is 2.75. The summed E-state index contributed by atoms with van der Waals surface area (Å²) < 4.78 is 11.9. The molecule has 0 N–H and O–H groups in total. The molecule has 0 heterocycles. The van der Waals surface area contributed by atoms with Crippen LogP contribution < -0.4 is 0 Å². The fourth-order valence-electron chi connectivity index (χ4n) is 1.37. The predicted octanol–water partition coefficient (Wildman–Crippen LogP) is 3.08. The zero-order valence-electron chi connectivity index (χ0n) is 9.93. The van der Waals surface area contributed by atoms with Crippen LogP contribution in [0, 0.1) is 17.2 Å². The number of nitriles is 1. The molecule has 1 rings (SSSR count). The van der Waals surface area contributed by atoms with E-state index < -0.39 is 10.8 Å². The average molecular weight is 235 g/mol. The van der Waals surface area contributed by atoms with Crippen LogP contribution in [0.5, 0.6) is 0 Å². The van der Waals surface area contributed by atoms with E-state index in [1.807, 2.05) is 24.3 Å². The van der Waals surface area contributed by atoms with Crippen LogP contribution in [0.25, 0.3) is 0 Å². The van der Waals surface area contributed by atoms with Crippen molar-refractivity contribution in [2.75, 3.05) is 5.75 Å². The van der Waals surface area contributed by atoms with E-state index in [-0.39, 0.29) is 5.92 Å². The van der Waals surface area contributed by atoms with E-state index in [0.717, 1.165) is 4.90 Å². The third-order valence-corrected chi connectivity index (χ3v) is 4.03. The molecule has 0 amide bonds. The second kappa shape index (κ2) is 5.81. The van der Waals surface area contributed by atoms with Crippen LogP contribution in [0.1, 0.15) is 32.3 Å². The summed E-state index contributed by atoms with van der Waals surface area (Å²) in [5.74, 6) is 0.739. The summed E-state index contributed by atoms with van der Waals surface area (Å²) in [7, 11) is -1.06. The highest BCUT2D eigenvalue weighted by Crippen LogP contribution is 2.17. The van der Waals surface area contributed by atoms with E-state index in [1.54, 1.807) is 6.92 Å². The molecular formula is C13H17NOS. The van der Waals surface area contributed by atoms with Crippen molar-refractivity contribution in [2.45, 2.75) is 31.6 Å². The van der Waals surface area contributed by atoms with Crippen LogP contribution in [-0.2, 0) is 10.8 Å². The molecule has 0 aliphatic carbocycles. The molecule has 0 bridgehead atoms. The fraction of sp³-hybridized carbons (Fsp3) is 0.462. The first-order valence-corrected chi connectivity index (χ1v) is 6.74. The minimum Gasteiger partial charge on any atom is -0.254 e. The summed E-state index contributed by atoms with van der Waals surface area (Å²) in [6.45, 7) is 6.05. The van der Waals surface area contributed by atoms with Crippen molar-refractivity contribution in [1.29, 1.82) is 5.26 Å². The summed E-state index contributed by atoms with van der Waals surface area (Å²) in [6, 6.07) is 9.92. The van der Waals surface area contributed by atoms with Crippen molar-refractivity contribution in [3.63, 3.8) is 0 Å². The van der Waals surface area contributed by atoms with Gasteiger partial charge >= 0.3 is 0 Å². The minimum absolute atomic E-state index is 0.161. The van der Waals surface area contributed by atoms with Crippen LogP contribution in [0.2, 0.25) is 0 Å². The second-order valence-corrected chi connectivity index (χ2v) is 5.76. The smallest absolute Gasteiger partial charge is 0.0662 e. The van der Waals surface area contributed by atoms with Gasteiger partial charge in [0.25, 0.3) is 0 Å². The van der Waals surface area contributed by atoms with E-state index >= 15 is 0 Å². The van der Waals surface area contributed by atoms with Gasteiger partial charge in [-0.2, -0.15) is 5.26 Å². The first-order chi connectivity index (χ1) is 7.54. The topological polar surface area (TPSA) is 40.9 Å². The van der Waals surface area contributed by atoms with Gasteiger partial charge in [-0.3, -0.25) is 4.21 Å². The van der Waals surface area contributed by atoms with Crippen molar-refractivity contribution in [3.05, 3.63) is 29.8 Å².